The van der Waals surface area contributed by atoms with Crippen molar-refractivity contribution >= 4 is 40.4 Å². The van der Waals surface area contributed by atoms with Gasteiger partial charge in [0, 0.05) is 17.5 Å². The zero-order valence-corrected chi connectivity index (χ0v) is 13.2. The van der Waals surface area contributed by atoms with Gasteiger partial charge in [0.15, 0.2) is 0 Å². The van der Waals surface area contributed by atoms with Crippen LogP contribution in [0.5, 0.6) is 5.75 Å². The summed E-state index contributed by atoms with van der Waals surface area (Å²) < 4.78 is 5.39. The van der Waals surface area contributed by atoms with Gasteiger partial charge in [-0.15, -0.1) is 0 Å². The second kappa shape index (κ2) is 7.66. The second-order valence-corrected chi connectivity index (χ2v) is 5.80. The highest BCUT2D eigenvalue weighted by molar-refractivity contribution is 7.08. The van der Waals surface area contributed by atoms with Gasteiger partial charge in [-0.2, -0.15) is 11.3 Å². The Bertz CT molecular complexity index is 604. The highest BCUT2D eigenvalue weighted by Gasteiger charge is 2.11. The maximum atomic E-state index is 11.7. The number of halogens is 2. The van der Waals surface area contributed by atoms with Crippen LogP contribution in [0.3, 0.4) is 0 Å². The molecule has 0 spiro atoms. The molecular formula is C14H13Cl2NO3S. The van der Waals surface area contributed by atoms with E-state index in [-0.39, 0.29) is 19.1 Å². The molecule has 0 aliphatic heterocycles. The number of hydrogen-bond donors (Lipinski definition) is 2. The molecule has 21 heavy (non-hydrogen) atoms. The van der Waals surface area contributed by atoms with Gasteiger partial charge in [0.05, 0.1) is 5.02 Å². The zero-order valence-electron chi connectivity index (χ0n) is 10.9. The molecule has 0 aliphatic rings. The normalized spacial score (nSPS) is 12.0. The van der Waals surface area contributed by atoms with Crippen LogP contribution < -0.4 is 10.1 Å². The lowest BCUT2D eigenvalue weighted by molar-refractivity contribution is 0.0844. The first-order valence-corrected chi connectivity index (χ1v) is 7.83. The van der Waals surface area contributed by atoms with Gasteiger partial charge in [-0.25, -0.2) is 0 Å². The van der Waals surface area contributed by atoms with Crippen LogP contribution in [0.25, 0.3) is 0 Å². The number of amides is 1. The topological polar surface area (TPSA) is 58.6 Å². The van der Waals surface area contributed by atoms with E-state index < -0.39 is 6.10 Å². The summed E-state index contributed by atoms with van der Waals surface area (Å²) in [7, 11) is 0. The molecule has 2 rings (SSSR count). The van der Waals surface area contributed by atoms with Crippen LogP contribution >= 0.6 is 34.5 Å². The zero-order chi connectivity index (χ0) is 15.2. The van der Waals surface area contributed by atoms with Gasteiger partial charge < -0.3 is 15.2 Å². The van der Waals surface area contributed by atoms with E-state index in [9.17, 15) is 9.90 Å². The van der Waals surface area contributed by atoms with Gasteiger partial charge in [0.25, 0.3) is 5.91 Å². The van der Waals surface area contributed by atoms with E-state index >= 15 is 0 Å². The van der Waals surface area contributed by atoms with E-state index in [1.165, 1.54) is 11.3 Å². The predicted octanol–water partition coefficient (Wildman–Crippen LogP) is 3.22. The first-order valence-electron chi connectivity index (χ1n) is 6.13. The van der Waals surface area contributed by atoms with Crippen molar-refractivity contribution in [2.24, 2.45) is 0 Å². The fourth-order valence-electron chi connectivity index (χ4n) is 1.55. The second-order valence-electron chi connectivity index (χ2n) is 4.24. The van der Waals surface area contributed by atoms with Crippen molar-refractivity contribution in [3.8, 4) is 5.75 Å². The van der Waals surface area contributed by atoms with Crippen LogP contribution in [-0.2, 0) is 0 Å². The van der Waals surface area contributed by atoms with Crippen molar-refractivity contribution in [3.05, 3.63) is 50.6 Å². The number of nitrogens with one attached hydrogen (secondary N) is 1. The van der Waals surface area contributed by atoms with E-state index in [1.54, 1.807) is 29.6 Å². The summed E-state index contributed by atoms with van der Waals surface area (Å²) in [6.07, 6.45) is -0.845. The summed E-state index contributed by atoms with van der Waals surface area (Å²) in [4.78, 5) is 11.7. The van der Waals surface area contributed by atoms with Crippen LogP contribution in [0.4, 0.5) is 0 Å². The Balaban J connectivity index is 1.78. The standard InChI is InChI=1S/C14H13Cl2NO3S/c15-11-2-1-3-12(13(11)16)20-7-10(18)6-17-14(19)9-4-5-21-8-9/h1-5,8,10,18H,6-7H2,(H,17,19). The summed E-state index contributed by atoms with van der Waals surface area (Å²) in [5.74, 6) is 0.170. The minimum atomic E-state index is -0.845. The molecule has 1 unspecified atom stereocenters. The average molecular weight is 346 g/mol. The smallest absolute Gasteiger partial charge is 0.252 e. The SMILES string of the molecule is O=C(NCC(O)COc1cccc(Cl)c1Cl)c1ccsc1. The minimum Gasteiger partial charge on any atom is -0.489 e. The van der Waals surface area contributed by atoms with Crippen molar-refractivity contribution in [1.29, 1.82) is 0 Å². The number of carbonyl (C=O) groups is 1. The summed E-state index contributed by atoms with van der Waals surface area (Å²) >= 11 is 13.3. The van der Waals surface area contributed by atoms with Crippen LogP contribution in [0, 0.1) is 0 Å². The number of carbonyl (C=O) groups excluding carboxylic acids is 1. The van der Waals surface area contributed by atoms with Gasteiger partial charge >= 0.3 is 0 Å². The molecule has 0 saturated carbocycles. The number of hydrogen-bond acceptors (Lipinski definition) is 4. The molecule has 1 aromatic heterocycles. The Morgan fingerprint density at radius 2 is 2.19 bits per heavy atom. The Hall–Kier alpha value is -1.27. The fraction of sp³-hybridized carbons (Fsp3) is 0.214. The van der Waals surface area contributed by atoms with Crippen LogP contribution in [-0.4, -0.2) is 30.3 Å². The summed E-state index contributed by atoms with van der Waals surface area (Å²) in [5.41, 5.74) is 0.575. The molecule has 1 heterocycles. The van der Waals surface area contributed by atoms with Gasteiger partial charge in [0.2, 0.25) is 0 Å². The summed E-state index contributed by atoms with van der Waals surface area (Å²) in [5, 5.41) is 16.7. The molecule has 1 amide bonds. The highest BCUT2D eigenvalue weighted by atomic mass is 35.5. The molecule has 2 N–H and O–H groups in total. The largest absolute Gasteiger partial charge is 0.489 e. The maximum absolute atomic E-state index is 11.7. The quantitative estimate of drug-likeness (QED) is 0.844. The highest BCUT2D eigenvalue weighted by Crippen LogP contribution is 2.31. The molecule has 0 aliphatic carbocycles. The molecule has 1 aromatic carbocycles. The van der Waals surface area contributed by atoms with Gasteiger partial charge in [-0.3, -0.25) is 4.79 Å². The number of aliphatic hydroxyl groups excluding tert-OH is 1. The van der Waals surface area contributed by atoms with E-state index in [0.29, 0.717) is 21.4 Å². The molecule has 7 heteroatoms. The first kappa shape index (κ1) is 16.1. The van der Waals surface area contributed by atoms with Gasteiger partial charge in [-0.1, -0.05) is 29.3 Å². The Morgan fingerprint density at radius 1 is 1.38 bits per heavy atom. The van der Waals surface area contributed by atoms with Crippen LogP contribution in [0.15, 0.2) is 35.0 Å². The number of thiophene rings is 1. The monoisotopic (exact) mass is 345 g/mol. The molecular weight excluding hydrogens is 333 g/mol. The third-order valence-corrected chi connectivity index (χ3v) is 4.11. The number of benzene rings is 1. The van der Waals surface area contributed by atoms with E-state index in [0.717, 1.165) is 0 Å². The minimum absolute atomic E-state index is 0.00395. The lowest BCUT2D eigenvalue weighted by Crippen LogP contribution is -2.35. The third kappa shape index (κ3) is 4.61. The van der Waals surface area contributed by atoms with E-state index in [2.05, 4.69) is 5.32 Å². The summed E-state index contributed by atoms with van der Waals surface area (Å²) in [6.45, 7) is 0.0941. The lowest BCUT2D eigenvalue weighted by Gasteiger charge is -2.14. The van der Waals surface area contributed by atoms with Crippen molar-refractivity contribution in [1.82, 2.24) is 5.32 Å². The number of ether oxygens (including phenoxy) is 1. The number of aliphatic hydroxyl groups is 1. The van der Waals surface area contributed by atoms with Crippen LogP contribution in [0.1, 0.15) is 10.4 Å². The molecule has 0 saturated heterocycles. The fourth-order valence-corrected chi connectivity index (χ4v) is 2.53. The van der Waals surface area contributed by atoms with E-state index in [4.69, 9.17) is 27.9 Å². The molecule has 4 nitrogen and oxygen atoms in total. The molecule has 0 radical (unpaired) electrons. The van der Waals surface area contributed by atoms with Crippen LogP contribution in [0.2, 0.25) is 10.0 Å². The molecule has 0 bridgehead atoms. The molecule has 1 atom stereocenters. The predicted molar refractivity (Wildman–Crippen MR) is 84.6 cm³/mol. The van der Waals surface area contributed by atoms with Crippen molar-refractivity contribution in [3.63, 3.8) is 0 Å². The van der Waals surface area contributed by atoms with Crippen molar-refractivity contribution in [2.75, 3.05) is 13.2 Å². The maximum Gasteiger partial charge on any atom is 0.252 e. The third-order valence-electron chi connectivity index (χ3n) is 2.63. The molecule has 2 aromatic rings. The van der Waals surface area contributed by atoms with E-state index in [1.807, 2.05) is 5.38 Å². The van der Waals surface area contributed by atoms with Gasteiger partial charge in [-0.05, 0) is 23.6 Å². The lowest BCUT2D eigenvalue weighted by atomic mass is 10.3. The first-order chi connectivity index (χ1) is 10.1. The van der Waals surface area contributed by atoms with Crippen molar-refractivity contribution in [2.45, 2.75) is 6.10 Å². The van der Waals surface area contributed by atoms with Crippen molar-refractivity contribution < 1.29 is 14.6 Å². The molecule has 112 valence electrons. The Labute approximate surface area is 136 Å². The average Bonchev–Trinajstić information content (AvgIpc) is 3.00. The molecule has 0 fully saturated rings. The van der Waals surface area contributed by atoms with Gasteiger partial charge in [0.1, 0.15) is 23.5 Å². The Kier molecular flexibility index (Phi) is 5.87. The number of rotatable bonds is 6. The summed E-state index contributed by atoms with van der Waals surface area (Å²) in [6, 6.07) is 6.72. The Morgan fingerprint density at radius 3 is 2.90 bits per heavy atom.